The summed E-state index contributed by atoms with van der Waals surface area (Å²) in [6.07, 6.45) is 5.40. The number of H-pyrrole nitrogens is 2. The van der Waals surface area contributed by atoms with Crippen molar-refractivity contribution in [3.05, 3.63) is 95.8 Å². The largest absolute Gasteiger partial charge is 0.478 e. The van der Waals surface area contributed by atoms with Gasteiger partial charge in [0.1, 0.15) is 11.5 Å². The molecule has 0 atom stereocenters. The van der Waals surface area contributed by atoms with E-state index in [9.17, 15) is 14.7 Å². The molecule has 5 aromatic rings. The number of aromatic nitrogens is 3. The summed E-state index contributed by atoms with van der Waals surface area (Å²) < 4.78 is 0. The predicted molar refractivity (Wildman–Crippen MR) is 129 cm³/mol. The fourth-order valence-corrected chi connectivity index (χ4v) is 3.89. The summed E-state index contributed by atoms with van der Waals surface area (Å²) in [6.45, 7) is 0. The third-order valence-corrected chi connectivity index (χ3v) is 5.48. The van der Waals surface area contributed by atoms with Gasteiger partial charge in [0, 0.05) is 34.2 Å². The van der Waals surface area contributed by atoms with Crippen LogP contribution in [0.2, 0.25) is 0 Å². The van der Waals surface area contributed by atoms with E-state index in [1.807, 2.05) is 42.6 Å². The lowest BCUT2D eigenvalue weighted by molar-refractivity contribution is -0.130. The number of hydrogen-bond donors (Lipinski definition) is 4. The first kappa shape index (κ1) is 20.3. The molecule has 5 rings (SSSR count). The van der Waals surface area contributed by atoms with Crippen LogP contribution < -0.4 is 5.32 Å². The third kappa shape index (κ3) is 4.12. The second-order valence-electron chi connectivity index (χ2n) is 7.65. The van der Waals surface area contributed by atoms with Gasteiger partial charge in [0.25, 0.3) is 0 Å². The highest BCUT2D eigenvalue weighted by Gasteiger charge is 2.14. The van der Waals surface area contributed by atoms with E-state index in [-0.39, 0.29) is 17.9 Å². The number of carbonyl (C=O) groups excluding carboxylic acids is 1. The highest BCUT2D eigenvalue weighted by molar-refractivity contribution is 6.21. The van der Waals surface area contributed by atoms with Crippen LogP contribution >= 0.6 is 0 Å². The van der Waals surface area contributed by atoms with Crippen molar-refractivity contribution in [1.82, 2.24) is 15.0 Å². The first-order valence-corrected chi connectivity index (χ1v) is 10.4. The number of rotatable bonds is 6. The lowest BCUT2D eigenvalue weighted by Crippen LogP contribution is -2.15. The molecule has 33 heavy (non-hydrogen) atoms. The number of aliphatic carboxylic acids is 1. The smallest absolute Gasteiger partial charge is 0.336 e. The van der Waals surface area contributed by atoms with E-state index < -0.39 is 5.97 Å². The van der Waals surface area contributed by atoms with E-state index in [1.165, 1.54) is 0 Å². The van der Waals surface area contributed by atoms with Crippen LogP contribution in [0.1, 0.15) is 16.7 Å². The molecule has 0 aliphatic carbocycles. The van der Waals surface area contributed by atoms with Gasteiger partial charge in [0.15, 0.2) is 0 Å². The Morgan fingerprint density at radius 2 is 1.70 bits per heavy atom. The van der Waals surface area contributed by atoms with Crippen molar-refractivity contribution >= 4 is 51.3 Å². The SMILES string of the molecule is O=C(Cc1c[nH]c2ccccc12)Nc1ccc2c(/C=C(/C(=O)O)c3ccccc3)c[nH]c2n1. The Labute approximate surface area is 188 Å². The van der Waals surface area contributed by atoms with Gasteiger partial charge in [-0.15, -0.1) is 0 Å². The normalized spacial score (nSPS) is 11.7. The van der Waals surface area contributed by atoms with Gasteiger partial charge in [-0.3, -0.25) is 4.79 Å². The molecule has 0 saturated heterocycles. The Morgan fingerprint density at radius 1 is 0.909 bits per heavy atom. The number of carboxylic acid groups (broad SMARTS) is 1. The highest BCUT2D eigenvalue weighted by atomic mass is 16.4. The first-order chi connectivity index (χ1) is 16.1. The Kier molecular flexibility index (Phi) is 5.20. The Balaban J connectivity index is 1.38. The first-order valence-electron chi connectivity index (χ1n) is 10.4. The predicted octanol–water partition coefficient (Wildman–Crippen LogP) is 4.85. The zero-order chi connectivity index (χ0) is 22.8. The number of para-hydroxylation sites is 1. The Bertz CT molecular complexity index is 1510. The molecular formula is C26H20N4O3. The number of aromatic amines is 2. The topological polar surface area (TPSA) is 111 Å². The summed E-state index contributed by atoms with van der Waals surface area (Å²) in [5, 5.41) is 14.3. The number of benzene rings is 2. The molecule has 1 amide bonds. The number of fused-ring (bicyclic) bond motifs is 2. The maximum absolute atomic E-state index is 12.6. The van der Waals surface area contributed by atoms with Crippen molar-refractivity contribution in [2.24, 2.45) is 0 Å². The zero-order valence-corrected chi connectivity index (χ0v) is 17.5. The summed E-state index contributed by atoms with van der Waals surface area (Å²) in [6, 6.07) is 20.3. The molecule has 0 bridgehead atoms. The summed E-state index contributed by atoms with van der Waals surface area (Å²) in [4.78, 5) is 35.1. The molecule has 7 nitrogen and oxygen atoms in total. The third-order valence-electron chi connectivity index (χ3n) is 5.48. The molecule has 0 spiro atoms. The van der Waals surface area contributed by atoms with Gasteiger partial charge < -0.3 is 20.4 Å². The van der Waals surface area contributed by atoms with Crippen LogP contribution in [0.3, 0.4) is 0 Å². The Morgan fingerprint density at radius 3 is 2.52 bits per heavy atom. The fraction of sp³-hybridized carbons (Fsp3) is 0.0385. The standard InChI is InChI=1S/C26H20N4O3/c31-24(13-18-14-27-22-9-5-4-8-19(18)22)29-23-11-10-20-17(15-28-25(20)30-23)12-21(26(32)33)16-6-2-1-3-7-16/h1-12,14-15,27H,13H2,(H,32,33)(H2,28,29,30,31)/b21-12+. The quantitative estimate of drug-likeness (QED) is 0.285. The number of hydrogen-bond acceptors (Lipinski definition) is 3. The molecule has 7 heteroatoms. The fourth-order valence-electron chi connectivity index (χ4n) is 3.89. The number of anilines is 1. The van der Waals surface area contributed by atoms with Gasteiger partial charge in [-0.25, -0.2) is 9.78 Å². The van der Waals surface area contributed by atoms with Crippen molar-refractivity contribution < 1.29 is 14.7 Å². The molecular weight excluding hydrogens is 416 g/mol. The summed E-state index contributed by atoms with van der Waals surface area (Å²) >= 11 is 0. The molecule has 0 aliphatic heterocycles. The number of carbonyl (C=O) groups is 2. The van der Waals surface area contributed by atoms with E-state index in [1.54, 1.807) is 42.6 Å². The molecule has 162 valence electrons. The zero-order valence-electron chi connectivity index (χ0n) is 17.5. The maximum Gasteiger partial charge on any atom is 0.336 e. The van der Waals surface area contributed by atoms with E-state index in [4.69, 9.17) is 0 Å². The van der Waals surface area contributed by atoms with E-state index in [0.717, 1.165) is 21.9 Å². The van der Waals surface area contributed by atoms with Crippen LogP contribution in [-0.4, -0.2) is 31.9 Å². The summed E-state index contributed by atoms with van der Waals surface area (Å²) in [7, 11) is 0. The lowest BCUT2D eigenvalue weighted by atomic mass is 10.0. The van der Waals surface area contributed by atoms with E-state index >= 15 is 0 Å². The average Bonchev–Trinajstić information content (AvgIpc) is 3.41. The number of carboxylic acids is 1. The van der Waals surface area contributed by atoms with Crippen LogP contribution in [0.25, 0.3) is 33.6 Å². The minimum atomic E-state index is -1.01. The van der Waals surface area contributed by atoms with Crippen molar-refractivity contribution in [2.45, 2.75) is 6.42 Å². The van der Waals surface area contributed by atoms with Crippen molar-refractivity contribution in [1.29, 1.82) is 0 Å². The van der Waals surface area contributed by atoms with Gasteiger partial charge in [0.05, 0.1) is 12.0 Å². The number of nitrogens with zero attached hydrogens (tertiary/aromatic N) is 1. The second kappa shape index (κ2) is 8.47. The van der Waals surface area contributed by atoms with Crippen LogP contribution in [-0.2, 0) is 16.0 Å². The molecule has 0 unspecified atom stereocenters. The van der Waals surface area contributed by atoms with Crippen LogP contribution in [0, 0.1) is 0 Å². The molecule has 2 aromatic carbocycles. The highest BCUT2D eigenvalue weighted by Crippen LogP contribution is 2.25. The van der Waals surface area contributed by atoms with Gasteiger partial charge in [-0.05, 0) is 35.4 Å². The maximum atomic E-state index is 12.6. The van der Waals surface area contributed by atoms with Gasteiger partial charge in [0.2, 0.25) is 5.91 Å². The number of pyridine rings is 1. The lowest BCUT2D eigenvalue weighted by Gasteiger charge is -2.05. The monoisotopic (exact) mass is 436 g/mol. The van der Waals surface area contributed by atoms with Crippen molar-refractivity contribution in [3.8, 4) is 0 Å². The van der Waals surface area contributed by atoms with Gasteiger partial charge >= 0.3 is 5.97 Å². The van der Waals surface area contributed by atoms with Gasteiger partial charge in [-0.1, -0.05) is 48.5 Å². The van der Waals surface area contributed by atoms with Crippen LogP contribution in [0.4, 0.5) is 5.82 Å². The van der Waals surface area contributed by atoms with E-state index in [0.29, 0.717) is 22.6 Å². The Hall–Kier alpha value is -4.65. The van der Waals surface area contributed by atoms with Crippen molar-refractivity contribution in [3.63, 3.8) is 0 Å². The van der Waals surface area contributed by atoms with Gasteiger partial charge in [-0.2, -0.15) is 0 Å². The molecule has 4 N–H and O–H groups in total. The number of amides is 1. The molecule has 0 aliphatic rings. The molecule has 0 radical (unpaired) electrons. The van der Waals surface area contributed by atoms with E-state index in [2.05, 4.69) is 20.3 Å². The minimum Gasteiger partial charge on any atom is -0.478 e. The summed E-state index contributed by atoms with van der Waals surface area (Å²) in [5.41, 5.74) is 3.97. The van der Waals surface area contributed by atoms with Crippen LogP contribution in [0.5, 0.6) is 0 Å². The van der Waals surface area contributed by atoms with Crippen LogP contribution in [0.15, 0.2) is 79.1 Å². The molecule has 3 aromatic heterocycles. The van der Waals surface area contributed by atoms with Crippen molar-refractivity contribution in [2.75, 3.05) is 5.32 Å². The summed E-state index contributed by atoms with van der Waals surface area (Å²) in [5.74, 6) is -0.758. The molecule has 0 saturated carbocycles. The molecule has 0 fully saturated rings. The molecule has 3 heterocycles. The number of nitrogens with one attached hydrogen (secondary N) is 3. The average molecular weight is 436 g/mol. The second-order valence-corrected chi connectivity index (χ2v) is 7.65. The minimum absolute atomic E-state index is 0.171.